The normalized spacial score (nSPS) is 11.6. The number of aromatic nitrogens is 2. The Hall–Kier alpha value is -3.48. The van der Waals surface area contributed by atoms with Gasteiger partial charge in [0.05, 0.1) is 5.69 Å². The lowest BCUT2D eigenvalue weighted by Crippen LogP contribution is -2.38. The van der Waals surface area contributed by atoms with Crippen molar-refractivity contribution >= 4 is 5.91 Å². The minimum atomic E-state index is -0.754. The van der Waals surface area contributed by atoms with Gasteiger partial charge in [-0.1, -0.05) is 37.3 Å². The Labute approximate surface area is 161 Å². The molecule has 1 aromatic heterocycles. The Bertz CT molecular complexity index is 988. The Balaban J connectivity index is 1.72. The van der Waals surface area contributed by atoms with Crippen LogP contribution in [-0.4, -0.2) is 21.8 Å². The van der Waals surface area contributed by atoms with Gasteiger partial charge >= 0.3 is 0 Å². The van der Waals surface area contributed by atoms with Crippen molar-refractivity contribution < 1.29 is 13.9 Å². The van der Waals surface area contributed by atoms with E-state index in [0.717, 1.165) is 10.2 Å². The van der Waals surface area contributed by atoms with Gasteiger partial charge in [0.25, 0.3) is 11.5 Å². The van der Waals surface area contributed by atoms with Gasteiger partial charge in [-0.25, -0.2) is 4.39 Å². The smallest absolute Gasteiger partial charge is 0.271 e. The highest BCUT2D eigenvalue weighted by atomic mass is 19.1. The third-order valence-corrected chi connectivity index (χ3v) is 4.08. The van der Waals surface area contributed by atoms with Gasteiger partial charge in [0.15, 0.2) is 6.10 Å². The molecule has 0 bridgehead atoms. The summed E-state index contributed by atoms with van der Waals surface area (Å²) in [6, 6.07) is 17.6. The van der Waals surface area contributed by atoms with E-state index in [4.69, 9.17) is 4.74 Å². The Morgan fingerprint density at radius 1 is 1.11 bits per heavy atom. The summed E-state index contributed by atoms with van der Waals surface area (Å²) in [5.41, 5.74) is 0.993. The number of carbonyl (C=O) groups is 1. The van der Waals surface area contributed by atoms with E-state index in [0.29, 0.717) is 18.7 Å². The van der Waals surface area contributed by atoms with E-state index >= 15 is 0 Å². The molecule has 0 aliphatic rings. The lowest BCUT2D eigenvalue weighted by Gasteiger charge is -2.17. The maximum absolute atomic E-state index is 13.1. The van der Waals surface area contributed by atoms with Crippen LogP contribution in [0.4, 0.5) is 4.39 Å². The van der Waals surface area contributed by atoms with E-state index < -0.39 is 11.9 Å². The molecule has 1 unspecified atom stereocenters. The van der Waals surface area contributed by atoms with Crippen molar-refractivity contribution in [3.63, 3.8) is 0 Å². The van der Waals surface area contributed by atoms with Gasteiger partial charge in [0.2, 0.25) is 5.88 Å². The zero-order valence-corrected chi connectivity index (χ0v) is 15.3. The number of hydrogen-bond donors (Lipinski definition) is 1. The van der Waals surface area contributed by atoms with Crippen LogP contribution in [0.2, 0.25) is 0 Å². The molecule has 0 aliphatic carbocycles. The Morgan fingerprint density at radius 3 is 2.50 bits per heavy atom. The highest BCUT2D eigenvalue weighted by molar-refractivity contribution is 5.81. The van der Waals surface area contributed by atoms with Crippen LogP contribution in [0.3, 0.4) is 0 Å². The summed E-state index contributed by atoms with van der Waals surface area (Å²) >= 11 is 0. The topological polar surface area (TPSA) is 73.2 Å². The molecule has 7 heteroatoms. The molecule has 1 N–H and O–H groups in total. The summed E-state index contributed by atoms with van der Waals surface area (Å²) in [6.07, 6.45) is -0.326. The van der Waals surface area contributed by atoms with Crippen LogP contribution in [-0.2, 0) is 11.3 Å². The molecule has 0 spiro atoms. The Morgan fingerprint density at radius 2 is 1.82 bits per heavy atom. The maximum Gasteiger partial charge on any atom is 0.271 e. The summed E-state index contributed by atoms with van der Waals surface area (Å²) in [5, 5.41) is 6.97. The van der Waals surface area contributed by atoms with Crippen LogP contribution in [0.15, 0.2) is 71.5 Å². The number of halogens is 1. The molecule has 28 heavy (non-hydrogen) atoms. The number of rotatable bonds is 7. The van der Waals surface area contributed by atoms with E-state index in [2.05, 4.69) is 10.4 Å². The maximum atomic E-state index is 13.1. The van der Waals surface area contributed by atoms with Gasteiger partial charge < -0.3 is 10.1 Å². The highest BCUT2D eigenvalue weighted by Crippen LogP contribution is 2.11. The lowest BCUT2D eigenvalue weighted by molar-refractivity contribution is -0.128. The lowest BCUT2D eigenvalue weighted by atomic mass is 10.2. The van der Waals surface area contributed by atoms with Gasteiger partial charge in [0.1, 0.15) is 5.82 Å². The minimum Gasteiger partial charge on any atom is -0.463 e. The first-order valence-electron chi connectivity index (χ1n) is 8.91. The first kappa shape index (κ1) is 19.3. The van der Waals surface area contributed by atoms with Crippen molar-refractivity contribution in [1.29, 1.82) is 0 Å². The molecule has 6 nitrogen and oxygen atoms in total. The average Bonchev–Trinajstić information content (AvgIpc) is 2.73. The molecule has 2 aromatic carbocycles. The van der Waals surface area contributed by atoms with Crippen molar-refractivity contribution in [2.24, 2.45) is 0 Å². The first-order chi connectivity index (χ1) is 13.6. The summed E-state index contributed by atoms with van der Waals surface area (Å²) in [4.78, 5) is 24.5. The molecule has 0 radical (unpaired) electrons. The SMILES string of the molecule is CCC(Oc1ccc(=O)n(-c2ccc(F)cc2)n1)C(=O)NCc1ccccc1. The van der Waals surface area contributed by atoms with Gasteiger partial charge in [0, 0.05) is 18.7 Å². The third kappa shape index (κ3) is 4.82. The van der Waals surface area contributed by atoms with E-state index in [1.807, 2.05) is 37.3 Å². The fourth-order valence-electron chi connectivity index (χ4n) is 2.59. The van der Waals surface area contributed by atoms with E-state index in [1.165, 1.54) is 36.4 Å². The Kier molecular flexibility index (Phi) is 6.16. The fourth-order valence-corrected chi connectivity index (χ4v) is 2.59. The molecule has 144 valence electrons. The molecule has 0 fully saturated rings. The summed E-state index contributed by atoms with van der Waals surface area (Å²) in [7, 11) is 0. The van der Waals surface area contributed by atoms with Crippen LogP contribution < -0.4 is 15.6 Å². The third-order valence-electron chi connectivity index (χ3n) is 4.08. The monoisotopic (exact) mass is 381 g/mol. The summed E-state index contributed by atoms with van der Waals surface area (Å²) in [6.45, 7) is 2.21. The van der Waals surface area contributed by atoms with Crippen LogP contribution in [0.25, 0.3) is 5.69 Å². The average molecular weight is 381 g/mol. The molecule has 0 saturated heterocycles. The van der Waals surface area contributed by atoms with Crippen LogP contribution in [0, 0.1) is 5.82 Å². The van der Waals surface area contributed by atoms with Crippen LogP contribution in [0.5, 0.6) is 5.88 Å². The predicted molar refractivity (Wildman–Crippen MR) is 103 cm³/mol. The van der Waals surface area contributed by atoms with Crippen molar-refractivity contribution in [1.82, 2.24) is 15.1 Å². The number of nitrogens with one attached hydrogen (secondary N) is 1. The largest absolute Gasteiger partial charge is 0.463 e. The summed E-state index contributed by atoms with van der Waals surface area (Å²) < 4.78 is 19.9. The van der Waals surface area contributed by atoms with Crippen molar-refractivity contribution in [3.8, 4) is 11.6 Å². The number of hydrogen-bond acceptors (Lipinski definition) is 4. The zero-order chi connectivity index (χ0) is 19.9. The number of amides is 1. The zero-order valence-electron chi connectivity index (χ0n) is 15.3. The number of carbonyl (C=O) groups excluding carboxylic acids is 1. The number of benzene rings is 2. The predicted octanol–water partition coefficient (Wildman–Crippen LogP) is 2.85. The molecular weight excluding hydrogens is 361 g/mol. The molecule has 0 aliphatic heterocycles. The summed E-state index contributed by atoms with van der Waals surface area (Å²) in [5.74, 6) is -0.552. The van der Waals surface area contributed by atoms with E-state index in [1.54, 1.807) is 0 Å². The molecule has 0 saturated carbocycles. The fraction of sp³-hybridized carbons (Fsp3) is 0.190. The second-order valence-electron chi connectivity index (χ2n) is 6.12. The van der Waals surface area contributed by atoms with E-state index in [-0.39, 0.29) is 17.3 Å². The first-order valence-corrected chi connectivity index (χ1v) is 8.91. The molecule has 1 atom stereocenters. The van der Waals surface area contributed by atoms with E-state index in [9.17, 15) is 14.0 Å². The van der Waals surface area contributed by atoms with Gasteiger partial charge in [-0.15, -0.1) is 5.10 Å². The highest BCUT2D eigenvalue weighted by Gasteiger charge is 2.19. The van der Waals surface area contributed by atoms with Gasteiger partial charge in [-0.2, -0.15) is 4.68 Å². The minimum absolute atomic E-state index is 0.130. The van der Waals surface area contributed by atoms with Gasteiger partial charge in [-0.3, -0.25) is 9.59 Å². The van der Waals surface area contributed by atoms with Crippen LogP contribution >= 0.6 is 0 Å². The molecule has 1 heterocycles. The van der Waals surface area contributed by atoms with Crippen molar-refractivity contribution in [2.75, 3.05) is 0 Å². The van der Waals surface area contributed by atoms with Crippen LogP contribution in [0.1, 0.15) is 18.9 Å². The number of nitrogens with zero attached hydrogens (tertiary/aromatic N) is 2. The van der Waals surface area contributed by atoms with Gasteiger partial charge in [-0.05, 0) is 36.2 Å². The molecular formula is C21H20FN3O3. The second kappa shape index (κ2) is 8.94. The second-order valence-corrected chi connectivity index (χ2v) is 6.12. The van der Waals surface area contributed by atoms with Crippen molar-refractivity contribution in [3.05, 3.63) is 88.5 Å². The molecule has 3 rings (SSSR count). The number of ether oxygens (including phenoxy) is 1. The molecule has 3 aromatic rings. The quantitative estimate of drug-likeness (QED) is 0.683. The van der Waals surface area contributed by atoms with Crippen molar-refractivity contribution in [2.45, 2.75) is 26.0 Å². The standard InChI is InChI=1S/C21H20FN3O3/c1-2-18(21(27)23-14-15-6-4-3-5-7-15)28-19-12-13-20(26)25(24-19)17-10-8-16(22)9-11-17/h3-13,18H,2,14H2,1H3,(H,23,27). The molecule has 1 amide bonds.